The van der Waals surface area contributed by atoms with Crippen LogP contribution in [0.5, 0.6) is 0 Å². The van der Waals surface area contributed by atoms with E-state index in [1.807, 2.05) is 12.1 Å². The van der Waals surface area contributed by atoms with Crippen LogP contribution in [-0.4, -0.2) is 0 Å². The summed E-state index contributed by atoms with van der Waals surface area (Å²) in [6.07, 6.45) is 0. The van der Waals surface area contributed by atoms with Crippen molar-refractivity contribution in [2.75, 3.05) is 0 Å². The number of benzene rings is 1. The third-order valence-corrected chi connectivity index (χ3v) is 3.67. The Balaban J connectivity index is 0.00000144. The van der Waals surface area contributed by atoms with Gasteiger partial charge in [0, 0.05) is 28.0 Å². The molecule has 1 aromatic heterocycles. The Morgan fingerprint density at radius 1 is 1.12 bits per heavy atom. The molecule has 1 nitrogen and oxygen atoms in total. The van der Waals surface area contributed by atoms with Crippen LogP contribution in [0.4, 0.5) is 0 Å². The fourth-order valence-corrected chi connectivity index (χ4v) is 2.55. The summed E-state index contributed by atoms with van der Waals surface area (Å²) in [4.78, 5) is 1.32. The number of nitrogens with one attached hydrogen (secondary N) is 1. The molecule has 2 rings (SSSR count). The maximum atomic E-state index is 6.07. The van der Waals surface area contributed by atoms with E-state index in [2.05, 4.69) is 22.8 Å². The summed E-state index contributed by atoms with van der Waals surface area (Å²) in [7, 11) is 0. The molecule has 0 atom stereocenters. The van der Waals surface area contributed by atoms with E-state index < -0.39 is 0 Å². The number of halogens is 3. The molecule has 1 heterocycles. The van der Waals surface area contributed by atoms with Crippen molar-refractivity contribution in [3.05, 3.63) is 56.2 Å². The van der Waals surface area contributed by atoms with Crippen molar-refractivity contribution in [2.45, 2.75) is 13.1 Å². The van der Waals surface area contributed by atoms with Crippen molar-refractivity contribution >= 4 is 46.9 Å². The van der Waals surface area contributed by atoms with Crippen molar-refractivity contribution in [1.29, 1.82) is 0 Å². The smallest absolute Gasteiger partial charge is 0.0465 e. The third kappa shape index (κ3) is 4.49. The molecule has 1 aromatic carbocycles. The Morgan fingerprint density at radius 3 is 2.59 bits per heavy atom. The van der Waals surface area contributed by atoms with E-state index in [9.17, 15) is 0 Å². The zero-order chi connectivity index (χ0) is 11.4. The molecule has 0 radical (unpaired) electrons. The van der Waals surface area contributed by atoms with Crippen LogP contribution in [0.15, 0.2) is 35.7 Å². The zero-order valence-corrected chi connectivity index (χ0v) is 12.1. The average molecular weight is 309 g/mol. The van der Waals surface area contributed by atoms with Gasteiger partial charge in [0.1, 0.15) is 0 Å². The molecule has 0 unspecified atom stereocenters. The first-order valence-electron chi connectivity index (χ1n) is 4.93. The standard InChI is InChI=1S/C12H11Cl2NS.ClH/c13-10-4-3-9(12(14)6-10)7-15-8-11-2-1-5-16-11;/h1-6,15H,7-8H2;1H. The van der Waals surface area contributed by atoms with Crippen molar-refractivity contribution in [2.24, 2.45) is 0 Å². The molecule has 0 saturated heterocycles. The summed E-state index contributed by atoms with van der Waals surface area (Å²) in [5.74, 6) is 0. The maximum absolute atomic E-state index is 6.07. The number of hydrogen-bond acceptors (Lipinski definition) is 2. The van der Waals surface area contributed by atoms with Gasteiger partial charge >= 0.3 is 0 Å². The molecular weight excluding hydrogens is 297 g/mol. The lowest BCUT2D eigenvalue weighted by molar-refractivity contribution is 0.701. The average Bonchev–Trinajstić information content (AvgIpc) is 2.74. The van der Waals surface area contributed by atoms with Gasteiger partial charge in [0.2, 0.25) is 0 Å². The molecule has 0 amide bonds. The van der Waals surface area contributed by atoms with E-state index in [1.165, 1.54) is 4.88 Å². The highest BCUT2D eigenvalue weighted by molar-refractivity contribution is 7.09. The van der Waals surface area contributed by atoms with Crippen molar-refractivity contribution < 1.29 is 0 Å². The second-order valence-electron chi connectivity index (χ2n) is 3.42. The van der Waals surface area contributed by atoms with E-state index in [-0.39, 0.29) is 12.4 Å². The Hall–Kier alpha value is -0.250. The lowest BCUT2D eigenvalue weighted by Gasteiger charge is -2.05. The molecule has 17 heavy (non-hydrogen) atoms. The van der Waals surface area contributed by atoms with Gasteiger partial charge in [0.05, 0.1) is 0 Å². The van der Waals surface area contributed by atoms with E-state index in [0.717, 1.165) is 18.7 Å². The Labute approximate surface area is 121 Å². The Bertz CT molecular complexity index is 457. The minimum Gasteiger partial charge on any atom is -0.308 e. The zero-order valence-electron chi connectivity index (χ0n) is 8.95. The second kappa shape index (κ2) is 7.24. The van der Waals surface area contributed by atoms with Crippen molar-refractivity contribution in [1.82, 2.24) is 5.32 Å². The van der Waals surface area contributed by atoms with E-state index in [0.29, 0.717) is 10.0 Å². The van der Waals surface area contributed by atoms with Gasteiger partial charge in [-0.1, -0.05) is 35.3 Å². The fourth-order valence-electron chi connectivity index (χ4n) is 1.40. The first-order valence-corrected chi connectivity index (χ1v) is 6.56. The first-order chi connectivity index (χ1) is 7.75. The van der Waals surface area contributed by atoms with Crippen LogP contribution in [0, 0.1) is 0 Å². The van der Waals surface area contributed by atoms with Gasteiger partial charge in [-0.2, -0.15) is 0 Å². The highest BCUT2D eigenvalue weighted by Gasteiger charge is 2.01. The van der Waals surface area contributed by atoms with Crippen LogP contribution in [-0.2, 0) is 13.1 Å². The van der Waals surface area contributed by atoms with E-state index in [4.69, 9.17) is 23.2 Å². The van der Waals surface area contributed by atoms with Gasteiger partial charge in [0.15, 0.2) is 0 Å². The third-order valence-electron chi connectivity index (χ3n) is 2.21. The number of hydrogen-bond donors (Lipinski definition) is 1. The molecule has 5 heteroatoms. The van der Waals surface area contributed by atoms with Crippen molar-refractivity contribution in [3.63, 3.8) is 0 Å². The number of rotatable bonds is 4. The molecule has 0 fully saturated rings. The topological polar surface area (TPSA) is 12.0 Å². The SMILES string of the molecule is Cl.Clc1ccc(CNCc2cccs2)c(Cl)c1. The summed E-state index contributed by atoms with van der Waals surface area (Å²) in [6.45, 7) is 1.63. The summed E-state index contributed by atoms with van der Waals surface area (Å²) >= 11 is 13.6. The molecule has 0 spiro atoms. The number of thiophene rings is 1. The first kappa shape index (κ1) is 14.8. The van der Waals surface area contributed by atoms with Crippen LogP contribution in [0.2, 0.25) is 10.0 Å². The molecule has 1 N–H and O–H groups in total. The van der Waals surface area contributed by atoms with Gasteiger partial charge in [-0.3, -0.25) is 0 Å². The maximum Gasteiger partial charge on any atom is 0.0465 e. The molecular formula is C12H12Cl3NS. The van der Waals surface area contributed by atoms with Gasteiger partial charge in [0.25, 0.3) is 0 Å². The highest BCUT2D eigenvalue weighted by atomic mass is 35.5. The van der Waals surface area contributed by atoms with Gasteiger partial charge in [-0.25, -0.2) is 0 Å². The molecule has 0 aliphatic carbocycles. The molecule has 0 bridgehead atoms. The van der Waals surface area contributed by atoms with Crippen LogP contribution >= 0.6 is 46.9 Å². The lowest BCUT2D eigenvalue weighted by atomic mass is 10.2. The lowest BCUT2D eigenvalue weighted by Crippen LogP contribution is -2.11. The van der Waals surface area contributed by atoms with E-state index in [1.54, 1.807) is 17.4 Å². The molecule has 0 saturated carbocycles. The van der Waals surface area contributed by atoms with E-state index >= 15 is 0 Å². The quantitative estimate of drug-likeness (QED) is 0.858. The minimum absolute atomic E-state index is 0. The largest absolute Gasteiger partial charge is 0.308 e. The predicted molar refractivity (Wildman–Crippen MR) is 78.6 cm³/mol. The monoisotopic (exact) mass is 307 g/mol. The van der Waals surface area contributed by atoms with Crippen LogP contribution in [0.3, 0.4) is 0 Å². The normalized spacial score (nSPS) is 10.0. The molecule has 0 aliphatic heterocycles. The Kier molecular flexibility index (Phi) is 6.31. The molecule has 2 aromatic rings. The van der Waals surface area contributed by atoms with Crippen molar-refractivity contribution in [3.8, 4) is 0 Å². The Morgan fingerprint density at radius 2 is 1.94 bits per heavy atom. The second-order valence-corrected chi connectivity index (χ2v) is 5.29. The van der Waals surface area contributed by atoms with Gasteiger partial charge in [-0.15, -0.1) is 23.7 Å². The van der Waals surface area contributed by atoms with Gasteiger partial charge < -0.3 is 5.32 Å². The van der Waals surface area contributed by atoms with Gasteiger partial charge in [-0.05, 0) is 29.1 Å². The summed E-state index contributed by atoms with van der Waals surface area (Å²) in [6, 6.07) is 9.74. The summed E-state index contributed by atoms with van der Waals surface area (Å²) in [5, 5.41) is 6.81. The summed E-state index contributed by atoms with van der Waals surface area (Å²) in [5.41, 5.74) is 1.07. The van der Waals surface area contributed by atoms with Crippen LogP contribution < -0.4 is 5.32 Å². The predicted octanol–water partition coefficient (Wildman–Crippen LogP) is 4.77. The molecule has 0 aliphatic rings. The minimum atomic E-state index is 0. The summed E-state index contributed by atoms with van der Waals surface area (Å²) < 4.78 is 0. The van der Waals surface area contributed by atoms with Crippen LogP contribution in [0.1, 0.15) is 10.4 Å². The highest BCUT2D eigenvalue weighted by Crippen LogP contribution is 2.20. The fraction of sp³-hybridized carbons (Fsp3) is 0.167. The van der Waals surface area contributed by atoms with Crippen LogP contribution in [0.25, 0.3) is 0 Å². The molecule has 92 valence electrons.